The quantitative estimate of drug-likeness (QED) is 0.241. The molecule has 0 heterocycles. The van der Waals surface area contributed by atoms with E-state index in [1.165, 1.54) is 57.8 Å². The number of hydrogen-bond acceptors (Lipinski definition) is 1. The highest BCUT2D eigenvalue weighted by atomic mass is 127. The molecule has 0 saturated carbocycles. The van der Waals surface area contributed by atoms with E-state index in [0.29, 0.717) is 0 Å². The molecule has 0 bridgehead atoms. The van der Waals surface area contributed by atoms with Gasteiger partial charge in [0.25, 0.3) is 0 Å². The van der Waals surface area contributed by atoms with Gasteiger partial charge in [-0.25, -0.2) is 0 Å². The van der Waals surface area contributed by atoms with E-state index in [4.69, 9.17) is 0 Å². The van der Waals surface area contributed by atoms with E-state index in [1.54, 1.807) is 0 Å². The maximum atomic E-state index is 4.21. The Labute approximate surface area is 109 Å². The first-order valence-corrected chi connectivity index (χ1v) is 7.94. The molecule has 86 valence electrons. The van der Waals surface area contributed by atoms with E-state index in [2.05, 4.69) is 42.1 Å². The molecular weight excluding hydrogens is 303 g/mol. The van der Waals surface area contributed by atoms with Crippen LogP contribution in [0.15, 0.2) is 0 Å². The SMILES string of the molecule is CCC(I)CCCCCCCCCS. The van der Waals surface area contributed by atoms with Gasteiger partial charge < -0.3 is 0 Å². The van der Waals surface area contributed by atoms with Gasteiger partial charge in [-0.1, -0.05) is 68.0 Å². The van der Waals surface area contributed by atoms with Gasteiger partial charge in [0, 0.05) is 3.92 Å². The van der Waals surface area contributed by atoms with E-state index < -0.39 is 0 Å². The molecule has 0 radical (unpaired) electrons. The molecule has 0 aliphatic carbocycles. The number of rotatable bonds is 10. The lowest BCUT2D eigenvalue weighted by atomic mass is 10.1. The van der Waals surface area contributed by atoms with E-state index >= 15 is 0 Å². The van der Waals surface area contributed by atoms with Crippen molar-refractivity contribution in [3.63, 3.8) is 0 Å². The largest absolute Gasteiger partial charge is 0.179 e. The fraction of sp³-hybridized carbons (Fsp3) is 1.00. The average Bonchev–Trinajstić information content (AvgIpc) is 2.21. The molecule has 1 atom stereocenters. The summed E-state index contributed by atoms with van der Waals surface area (Å²) in [5, 5.41) is 0. The van der Waals surface area contributed by atoms with Crippen molar-refractivity contribution in [1.82, 2.24) is 0 Å². The summed E-state index contributed by atoms with van der Waals surface area (Å²) in [5.41, 5.74) is 0. The Hall–Kier alpha value is 1.08. The summed E-state index contributed by atoms with van der Waals surface area (Å²) in [6.07, 6.45) is 12.6. The van der Waals surface area contributed by atoms with Gasteiger partial charge in [-0.05, 0) is 25.0 Å². The lowest BCUT2D eigenvalue weighted by Crippen LogP contribution is -1.94. The number of alkyl halides is 1. The maximum absolute atomic E-state index is 4.21. The van der Waals surface area contributed by atoms with Crippen LogP contribution in [0.5, 0.6) is 0 Å². The van der Waals surface area contributed by atoms with Crippen LogP contribution >= 0.6 is 35.2 Å². The van der Waals surface area contributed by atoms with E-state index in [9.17, 15) is 0 Å². The van der Waals surface area contributed by atoms with Gasteiger partial charge in [0.15, 0.2) is 0 Å². The lowest BCUT2D eigenvalue weighted by Gasteiger charge is -2.05. The smallest absolute Gasteiger partial charge is 0.0107 e. The normalized spacial score (nSPS) is 13.1. The lowest BCUT2D eigenvalue weighted by molar-refractivity contribution is 0.572. The first-order valence-electron chi connectivity index (χ1n) is 6.06. The van der Waals surface area contributed by atoms with Crippen LogP contribution in [-0.4, -0.2) is 9.68 Å². The minimum Gasteiger partial charge on any atom is -0.179 e. The summed E-state index contributed by atoms with van der Waals surface area (Å²) in [7, 11) is 0. The Kier molecular flexibility index (Phi) is 13.1. The van der Waals surface area contributed by atoms with Gasteiger partial charge >= 0.3 is 0 Å². The summed E-state index contributed by atoms with van der Waals surface area (Å²) in [4.78, 5) is 0. The van der Waals surface area contributed by atoms with Crippen molar-refractivity contribution < 1.29 is 0 Å². The van der Waals surface area contributed by atoms with E-state index in [-0.39, 0.29) is 0 Å². The van der Waals surface area contributed by atoms with Crippen molar-refractivity contribution >= 4 is 35.2 Å². The molecule has 0 aromatic heterocycles. The molecule has 0 spiro atoms. The van der Waals surface area contributed by atoms with Crippen molar-refractivity contribution in [2.45, 2.75) is 68.6 Å². The number of unbranched alkanes of at least 4 members (excludes halogenated alkanes) is 6. The van der Waals surface area contributed by atoms with Gasteiger partial charge in [0.1, 0.15) is 0 Å². The molecule has 14 heavy (non-hydrogen) atoms. The molecule has 0 aromatic carbocycles. The Balaban J connectivity index is 2.92. The Morgan fingerprint density at radius 2 is 1.43 bits per heavy atom. The van der Waals surface area contributed by atoms with Gasteiger partial charge in [-0.15, -0.1) is 0 Å². The first kappa shape index (κ1) is 15.1. The summed E-state index contributed by atoms with van der Waals surface area (Å²) in [6.45, 7) is 2.29. The van der Waals surface area contributed by atoms with Gasteiger partial charge in [0.2, 0.25) is 0 Å². The molecule has 0 fully saturated rings. The summed E-state index contributed by atoms with van der Waals surface area (Å²) >= 11 is 6.79. The van der Waals surface area contributed by atoms with Crippen molar-refractivity contribution in [3.8, 4) is 0 Å². The average molecular weight is 328 g/mol. The molecule has 1 unspecified atom stereocenters. The van der Waals surface area contributed by atoms with Crippen LogP contribution < -0.4 is 0 Å². The van der Waals surface area contributed by atoms with Crippen LogP contribution in [0.1, 0.15) is 64.7 Å². The second kappa shape index (κ2) is 12.2. The van der Waals surface area contributed by atoms with Gasteiger partial charge in [-0.2, -0.15) is 12.6 Å². The third kappa shape index (κ3) is 11.2. The summed E-state index contributed by atoms with van der Waals surface area (Å²) in [5.74, 6) is 1.06. The van der Waals surface area contributed by atoms with Crippen LogP contribution in [-0.2, 0) is 0 Å². The monoisotopic (exact) mass is 328 g/mol. The predicted octanol–water partition coefficient (Wildman–Crippen LogP) is 5.25. The van der Waals surface area contributed by atoms with Crippen molar-refractivity contribution in [1.29, 1.82) is 0 Å². The standard InChI is InChI=1S/C12H25IS/c1-2-12(13)10-8-6-4-3-5-7-9-11-14/h12,14H,2-11H2,1H3. The highest BCUT2D eigenvalue weighted by molar-refractivity contribution is 14.1. The molecule has 0 saturated heterocycles. The zero-order chi connectivity index (χ0) is 10.6. The minimum atomic E-state index is 0.914. The topological polar surface area (TPSA) is 0 Å². The van der Waals surface area contributed by atoms with Crippen LogP contribution in [0.25, 0.3) is 0 Å². The molecule has 0 rings (SSSR count). The fourth-order valence-corrected chi connectivity index (χ4v) is 2.23. The fourth-order valence-electron chi connectivity index (χ4n) is 1.57. The minimum absolute atomic E-state index is 0.914. The highest BCUT2D eigenvalue weighted by Crippen LogP contribution is 2.16. The van der Waals surface area contributed by atoms with E-state index in [0.717, 1.165) is 9.68 Å². The second-order valence-corrected chi connectivity index (χ2v) is 6.20. The summed E-state index contributed by atoms with van der Waals surface area (Å²) < 4.78 is 0.914. The van der Waals surface area contributed by atoms with E-state index in [1.807, 2.05) is 0 Å². The number of hydrogen-bond donors (Lipinski definition) is 1. The second-order valence-electron chi connectivity index (χ2n) is 3.99. The van der Waals surface area contributed by atoms with Gasteiger partial charge in [-0.3, -0.25) is 0 Å². The summed E-state index contributed by atoms with van der Waals surface area (Å²) in [6, 6.07) is 0. The molecular formula is C12H25IS. The Morgan fingerprint density at radius 3 is 1.93 bits per heavy atom. The highest BCUT2D eigenvalue weighted by Gasteiger charge is 1.99. The molecule has 0 aliphatic heterocycles. The van der Waals surface area contributed by atoms with Gasteiger partial charge in [0.05, 0.1) is 0 Å². The predicted molar refractivity (Wildman–Crippen MR) is 78.9 cm³/mol. The third-order valence-electron chi connectivity index (χ3n) is 2.62. The van der Waals surface area contributed by atoms with Crippen molar-refractivity contribution in [2.24, 2.45) is 0 Å². The zero-order valence-corrected chi connectivity index (χ0v) is 12.5. The molecule has 0 aliphatic rings. The van der Waals surface area contributed by atoms with Crippen LogP contribution in [0.2, 0.25) is 0 Å². The molecule has 0 N–H and O–H groups in total. The zero-order valence-electron chi connectivity index (χ0n) is 9.47. The first-order chi connectivity index (χ1) is 6.81. The number of thiol groups is 1. The molecule has 0 aromatic rings. The van der Waals surface area contributed by atoms with Crippen molar-refractivity contribution in [3.05, 3.63) is 0 Å². The molecule has 0 amide bonds. The third-order valence-corrected chi connectivity index (χ3v) is 4.44. The maximum Gasteiger partial charge on any atom is 0.0107 e. The van der Waals surface area contributed by atoms with Crippen molar-refractivity contribution in [2.75, 3.05) is 5.75 Å². The number of halogens is 1. The van der Waals surface area contributed by atoms with Crippen LogP contribution in [0, 0.1) is 0 Å². The van der Waals surface area contributed by atoms with Crippen LogP contribution in [0.3, 0.4) is 0 Å². The Bertz CT molecular complexity index is 106. The Morgan fingerprint density at radius 1 is 0.929 bits per heavy atom. The molecule has 2 heteroatoms. The van der Waals surface area contributed by atoms with Crippen LogP contribution in [0.4, 0.5) is 0 Å². The molecule has 0 nitrogen and oxygen atoms in total.